The Morgan fingerprint density at radius 1 is 0.714 bits per heavy atom. The molecule has 1 aromatic heterocycles. The normalized spacial score (nSPS) is 19.4. The van der Waals surface area contributed by atoms with Crippen LogP contribution in [0.2, 0.25) is 0 Å². The highest BCUT2D eigenvalue weighted by molar-refractivity contribution is 6.16. The maximum atomic E-state index is 6.91. The summed E-state index contributed by atoms with van der Waals surface area (Å²) in [5.41, 5.74) is 6.22. The van der Waals surface area contributed by atoms with Crippen LogP contribution >= 0.6 is 0 Å². The van der Waals surface area contributed by atoms with E-state index in [2.05, 4.69) is 81.2 Å². The molecule has 2 heteroatoms. The van der Waals surface area contributed by atoms with E-state index in [1.54, 1.807) is 0 Å². The monoisotopic (exact) mass is 365 g/mol. The molecule has 0 bridgehead atoms. The van der Waals surface area contributed by atoms with Gasteiger partial charge in [0.1, 0.15) is 0 Å². The Balaban J connectivity index is 1.63. The van der Waals surface area contributed by atoms with Crippen molar-refractivity contribution in [3.8, 4) is 22.4 Å². The van der Waals surface area contributed by atoms with Gasteiger partial charge >= 0.3 is 0 Å². The van der Waals surface area contributed by atoms with Gasteiger partial charge in [-0.25, -0.2) is 0 Å². The summed E-state index contributed by atoms with van der Waals surface area (Å²) in [4.78, 5) is 4.54. The van der Waals surface area contributed by atoms with Gasteiger partial charge in [0.15, 0.2) is 0 Å². The van der Waals surface area contributed by atoms with E-state index in [0.29, 0.717) is 0 Å². The van der Waals surface area contributed by atoms with Crippen LogP contribution in [0, 0.1) is 10.8 Å². The highest BCUT2D eigenvalue weighted by atomic mass is 14.7. The van der Waals surface area contributed by atoms with Crippen LogP contribution in [0.1, 0.15) is 46.1 Å². The van der Waals surface area contributed by atoms with E-state index in [1.165, 1.54) is 16.7 Å². The molecule has 2 aromatic carbocycles. The van der Waals surface area contributed by atoms with E-state index in [0.717, 1.165) is 24.1 Å². The molecule has 140 valence electrons. The molecule has 0 amide bonds. The number of rotatable bonds is 3. The summed E-state index contributed by atoms with van der Waals surface area (Å²) in [6.07, 6.45) is 3.91. The minimum atomic E-state index is -0.251. The summed E-state index contributed by atoms with van der Waals surface area (Å²) in [5, 5.41) is -0.251. The lowest BCUT2D eigenvalue weighted by atomic mass is 9.61. The van der Waals surface area contributed by atoms with Gasteiger partial charge in [-0.05, 0) is 52.2 Å². The van der Waals surface area contributed by atoms with Gasteiger partial charge < -0.3 is 0 Å². The molecule has 1 saturated carbocycles. The third kappa shape index (κ3) is 3.30. The van der Waals surface area contributed by atoms with Crippen LogP contribution in [0.25, 0.3) is 22.4 Å². The quantitative estimate of drug-likeness (QED) is 0.475. The SMILES string of the molecule is [B]C1(c2ccc(-c3ccnc(-c4ccccc4)c3)cc2)CC(C)(C)C(C)(C)C1. The Kier molecular flexibility index (Phi) is 4.49. The van der Waals surface area contributed by atoms with Crippen molar-refractivity contribution in [2.24, 2.45) is 10.8 Å². The summed E-state index contributed by atoms with van der Waals surface area (Å²) in [7, 11) is 6.91. The average molecular weight is 365 g/mol. The molecule has 0 N–H and O–H groups in total. The molecule has 1 aliphatic rings. The zero-order chi connectivity index (χ0) is 20.0. The van der Waals surface area contributed by atoms with Crippen LogP contribution in [-0.4, -0.2) is 12.8 Å². The molecule has 1 nitrogen and oxygen atoms in total. The number of aromatic nitrogens is 1. The Labute approximate surface area is 170 Å². The van der Waals surface area contributed by atoms with E-state index in [4.69, 9.17) is 7.85 Å². The Bertz CT molecular complexity index is 955. The van der Waals surface area contributed by atoms with Crippen molar-refractivity contribution in [1.29, 1.82) is 0 Å². The first kappa shape index (κ1) is 19.0. The fourth-order valence-corrected chi connectivity index (χ4v) is 4.69. The summed E-state index contributed by atoms with van der Waals surface area (Å²) in [6, 6.07) is 23.4. The Morgan fingerprint density at radius 2 is 1.32 bits per heavy atom. The molecule has 28 heavy (non-hydrogen) atoms. The van der Waals surface area contributed by atoms with Gasteiger partial charge in [0.25, 0.3) is 0 Å². The molecule has 4 rings (SSSR count). The molecule has 0 spiro atoms. The maximum Gasteiger partial charge on any atom is 0.0811 e. The van der Waals surface area contributed by atoms with Gasteiger partial charge in [-0.1, -0.05) is 87.9 Å². The molecular weight excluding hydrogens is 337 g/mol. The van der Waals surface area contributed by atoms with Gasteiger partial charge in [0, 0.05) is 11.8 Å². The van der Waals surface area contributed by atoms with Gasteiger partial charge in [-0.15, -0.1) is 0 Å². The molecule has 3 aromatic rings. The summed E-state index contributed by atoms with van der Waals surface area (Å²) >= 11 is 0. The second-order valence-electron chi connectivity index (χ2n) is 9.65. The van der Waals surface area contributed by atoms with Crippen LogP contribution in [0.3, 0.4) is 0 Å². The zero-order valence-corrected chi connectivity index (χ0v) is 17.4. The first-order valence-electron chi connectivity index (χ1n) is 10.1. The van der Waals surface area contributed by atoms with Gasteiger partial charge in [0.05, 0.1) is 13.5 Å². The minimum Gasteiger partial charge on any atom is -0.256 e. The Morgan fingerprint density at radius 3 is 1.93 bits per heavy atom. The highest BCUT2D eigenvalue weighted by Gasteiger charge is 2.51. The second kappa shape index (κ2) is 6.62. The van der Waals surface area contributed by atoms with Crippen molar-refractivity contribution in [2.45, 2.75) is 45.9 Å². The van der Waals surface area contributed by atoms with Crippen LogP contribution < -0.4 is 0 Å². The lowest BCUT2D eigenvalue weighted by Gasteiger charge is -2.34. The fraction of sp³-hybridized carbons (Fsp3) is 0.346. The third-order valence-corrected chi connectivity index (χ3v) is 6.97. The topological polar surface area (TPSA) is 12.9 Å². The number of benzene rings is 2. The molecule has 0 atom stereocenters. The molecule has 0 unspecified atom stereocenters. The first-order valence-corrected chi connectivity index (χ1v) is 10.1. The fourth-order valence-electron chi connectivity index (χ4n) is 4.69. The van der Waals surface area contributed by atoms with Crippen molar-refractivity contribution in [3.63, 3.8) is 0 Å². The summed E-state index contributed by atoms with van der Waals surface area (Å²) < 4.78 is 0. The van der Waals surface area contributed by atoms with Crippen LogP contribution in [0.5, 0.6) is 0 Å². The van der Waals surface area contributed by atoms with Crippen molar-refractivity contribution in [3.05, 3.63) is 78.5 Å². The number of pyridine rings is 1. The first-order chi connectivity index (χ1) is 13.2. The number of hydrogen-bond acceptors (Lipinski definition) is 1. The van der Waals surface area contributed by atoms with Gasteiger partial charge in [0.2, 0.25) is 0 Å². The highest BCUT2D eigenvalue weighted by Crippen LogP contribution is 2.59. The maximum absolute atomic E-state index is 6.91. The molecular formula is C26H28BN. The van der Waals surface area contributed by atoms with Crippen LogP contribution in [0.15, 0.2) is 72.9 Å². The van der Waals surface area contributed by atoms with Crippen molar-refractivity contribution in [2.75, 3.05) is 0 Å². The minimum absolute atomic E-state index is 0.232. The standard InChI is InChI=1S/C26H28BN/c1-24(2)17-26(27,18-25(24,3)4)22-12-10-19(11-13-22)21-14-15-28-23(16-21)20-8-6-5-7-9-20/h5-16H,17-18H2,1-4H3. The molecule has 1 aliphatic carbocycles. The average Bonchev–Trinajstić information content (AvgIpc) is 2.86. The van der Waals surface area contributed by atoms with Crippen LogP contribution in [-0.2, 0) is 5.31 Å². The lowest BCUT2D eigenvalue weighted by Crippen LogP contribution is -2.25. The molecule has 2 radical (unpaired) electrons. The van der Waals surface area contributed by atoms with E-state index in [-0.39, 0.29) is 16.1 Å². The molecule has 1 fully saturated rings. The predicted octanol–water partition coefficient (Wildman–Crippen LogP) is 6.63. The van der Waals surface area contributed by atoms with Crippen LogP contribution in [0.4, 0.5) is 0 Å². The van der Waals surface area contributed by atoms with Crippen molar-refractivity contribution in [1.82, 2.24) is 4.98 Å². The van der Waals surface area contributed by atoms with E-state index in [1.807, 2.05) is 24.4 Å². The Hall–Kier alpha value is -2.35. The largest absolute Gasteiger partial charge is 0.256 e. The number of nitrogens with zero attached hydrogens (tertiary/aromatic N) is 1. The zero-order valence-electron chi connectivity index (χ0n) is 17.4. The molecule has 1 heterocycles. The van der Waals surface area contributed by atoms with Crippen molar-refractivity contribution < 1.29 is 0 Å². The predicted molar refractivity (Wildman–Crippen MR) is 119 cm³/mol. The lowest BCUT2D eigenvalue weighted by molar-refractivity contribution is 0.157. The smallest absolute Gasteiger partial charge is 0.0811 e. The molecule has 0 aliphatic heterocycles. The molecule has 0 saturated heterocycles. The summed E-state index contributed by atoms with van der Waals surface area (Å²) in [5.74, 6) is 0. The van der Waals surface area contributed by atoms with E-state index in [9.17, 15) is 0 Å². The third-order valence-electron chi connectivity index (χ3n) is 6.97. The van der Waals surface area contributed by atoms with E-state index < -0.39 is 0 Å². The summed E-state index contributed by atoms with van der Waals surface area (Å²) in [6.45, 7) is 9.38. The van der Waals surface area contributed by atoms with Gasteiger partial charge in [-0.2, -0.15) is 0 Å². The van der Waals surface area contributed by atoms with Gasteiger partial charge in [-0.3, -0.25) is 4.98 Å². The number of hydrogen-bond donors (Lipinski definition) is 0. The van der Waals surface area contributed by atoms with E-state index >= 15 is 0 Å². The van der Waals surface area contributed by atoms with Crippen molar-refractivity contribution >= 4 is 7.85 Å². The second-order valence-corrected chi connectivity index (χ2v) is 9.65.